The molecule has 22 heavy (non-hydrogen) atoms. The molecule has 0 aliphatic carbocycles. The zero-order valence-corrected chi connectivity index (χ0v) is 15.7. The Morgan fingerprint density at radius 2 is 2.00 bits per heavy atom. The van der Waals surface area contributed by atoms with Crippen LogP contribution in [0.15, 0.2) is 23.2 Å². The first-order chi connectivity index (χ1) is 10.2. The number of ether oxygens (including phenoxy) is 2. The van der Waals surface area contributed by atoms with Gasteiger partial charge in [0.2, 0.25) is 0 Å². The predicted molar refractivity (Wildman–Crippen MR) is 101 cm³/mol. The van der Waals surface area contributed by atoms with E-state index in [4.69, 9.17) is 21.6 Å². The van der Waals surface area contributed by atoms with Crippen molar-refractivity contribution in [2.24, 2.45) is 10.7 Å². The van der Waals surface area contributed by atoms with E-state index in [1.807, 2.05) is 36.9 Å². The average molecular weight is 417 g/mol. The van der Waals surface area contributed by atoms with Gasteiger partial charge >= 0.3 is 0 Å². The van der Waals surface area contributed by atoms with E-state index >= 15 is 0 Å². The number of aliphatic imine (C=N–C) groups is 1. The summed E-state index contributed by atoms with van der Waals surface area (Å²) in [4.78, 5) is 6.40. The van der Waals surface area contributed by atoms with Crippen LogP contribution in [0.25, 0.3) is 0 Å². The molecule has 0 radical (unpaired) electrons. The second-order valence-electron chi connectivity index (χ2n) is 4.32. The Labute approximate surface area is 149 Å². The minimum Gasteiger partial charge on any atom is -0.493 e. The molecule has 122 valence electrons. The van der Waals surface area contributed by atoms with Crippen molar-refractivity contribution < 1.29 is 9.47 Å². The highest BCUT2D eigenvalue weighted by molar-refractivity contribution is 14.0. The minimum absolute atomic E-state index is 0. The van der Waals surface area contributed by atoms with Crippen molar-refractivity contribution in [1.29, 1.82) is 0 Å². The van der Waals surface area contributed by atoms with Gasteiger partial charge in [-0.1, -0.05) is 12.0 Å². The Morgan fingerprint density at radius 3 is 2.55 bits per heavy atom. The third-order valence-electron chi connectivity index (χ3n) is 3.05. The van der Waals surface area contributed by atoms with Gasteiger partial charge in [0.1, 0.15) is 6.61 Å². The molecule has 0 unspecified atom stereocenters. The van der Waals surface area contributed by atoms with E-state index < -0.39 is 0 Å². The molecule has 0 aromatic heterocycles. The number of halogens is 1. The van der Waals surface area contributed by atoms with Gasteiger partial charge in [0.15, 0.2) is 17.5 Å². The number of guanidine groups is 1. The fourth-order valence-electron chi connectivity index (χ4n) is 1.87. The van der Waals surface area contributed by atoms with Crippen LogP contribution in [0.4, 0.5) is 0 Å². The third-order valence-corrected chi connectivity index (χ3v) is 3.05. The lowest BCUT2D eigenvalue weighted by Crippen LogP contribution is -2.37. The van der Waals surface area contributed by atoms with Crippen LogP contribution in [-0.4, -0.2) is 37.7 Å². The lowest BCUT2D eigenvalue weighted by atomic mass is 10.2. The molecule has 1 aromatic rings. The van der Waals surface area contributed by atoms with E-state index in [-0.39, 0.29) is 30.6 Å². The summed E-state index contributed by atoms with van der Waals surface area (Å²) in [7, 11) is 1.59. The van der Waals surface area contributed by atoms with Crippen LogP contribution in [0.1, 0.15) is 19.4 Å². The van der Waals surface area contributed by atoms with Gasteiger partial charge in [0, 0.05) is 13.1 Å². The Morgan fingerprint density at radius 1 is 1.32 bits per heavy atom. The second-order valence-corrected chi connectivity index (χ2v) is 4.32. The summed E-state index contributed by atoms with van der Waals surface area (Å²) in [6.45, 7) is 6.45. The molecular formula is C16H24IN3O2. The number of methoxy groups -OCH3 is 1. The summed E-state index contributed by atoms with van der Waals surface area (Å²) in [6, 6.07) is 5.64. The zero-order chi connectivity index (χ0) is 15.7. The standard InChI is InChI=1S/C16H23N3O2.HI/c1-5-10-21-15-11-13(8-9-14(15)20-4)12-18-16(17)19(6-2)7-3;/h1,8-9,11H,6-7,10,12H2,2-4H3,(H2,17,18);1H. The summed E-state index contributed by atoms with van der Waals surface area (Å²) < 4.78 is 10.7. The monoisotopic (exact) mass is 417 g/mol. The molecule has 0 spiro atoms. The van der Waals surface area contributed by atoms with Crippen LogP contribution in [0.3, 0.4) is 0 Å². The molecular weight excluding hydrogens is 393 g/mol. The van der Waals surface area contributed by atoms with E-state index in [0.717, 1.165) is 18.7 Å². The van der Waals surface area contributed by atoms with Crippen LogP contribution in [-0.2, 0) is 6.54 Å². The molecule has 6 heteroatoms. The lowest BCUT2D eigenvalue weighted by molar-refractivity contribution is 0.330. The van der Waals surface area contributed by atoms with E-state index in [0.29, 0.717) is 24.0 Å². The maximum Gasteiger partial charge on any atom is 0.191 e. The number of hydrogen-bond acceptors (Lipinski definition) is 3. The maximum atomic E-state index is 5.95. The van der Waals surface area contributed by atoms with E-state index in [2.05, 4.69) is 10.9 Å². The molecule has 0 saturated carbocycles. The molecule has 5 nitrogen and oxygen atoms in total. The van der Waals surface area contributed by atoms with Gasteiger partial charge in [-0.25, -0.2) is 4.99 Å². The molecule has 0 fully saturated rings. The summed E-state index contributed by atoms with van der Waals surface area (Å²) in [5.41, 5.74) is 6.94. The van der Waals surface area contributed by atoms with Crippen molar-refractivity contribution in [3.63, 3.8) is 0 Å². The molecule has 0 atom stereocenters. The lowest BCUT2D eigenvalue weighted by Gasteiger charge is -2.19. The van der Waals surface area contributed by atoms with E-state index in [1.54, 1.807) is 7.11 Å². The van der Waals surface area contributed by atoms with Gasteiger partial charge < -0.3 is 20.1 Å². The van der Waals surface area contributed by atoms with Gasteiger partial charge in [0.05, 0.1) is 13.7 Å². The van der Waals surface area contributed by atoms with E-state index in [1.165, 1.54) is 0 Å². The number of benzene rings is 1. The first-order valence-electron chi connectivity index (χ1n) is 6.94. The second kappa shape index (κ2) is 11.0. The fourth-order valence-corrected chi connectivity index (χ4v) is 1.87. The van der Waals surface area contributed by atoms with Crippen molar-refractivity contribution in [3.8, 4) is 23.8 Å². The highest BCUT2D eigenvalue weighted by Crippen LogP contribution is 2.28. The van der Waals surface area contributed by atoms with Crippen LogP contribution >= 0.6 is 24.0 Å². The van der Waals surface area contributed by atoms with E-state index in [9.17, 15) is 0 Å². The van der Waals surface area contributed by atoms with Gasteiger partial charge in [-0.05, 0) is 31.5 Å². The Bertz CT molecular complexity index is 523. The number of terminal acetylenes is 1. The number of hydrogen-bond donors (Lipinski definition) is 1. The summed E-state index contributed by atoms with van der Waals surface area (Å²) in [6.07, 6.45) is 5.21. The van der Waals surface area contributed by atoms with Gasteiger partial charge in [-0.3, -0.25) is 0 Å². The summed E-state index contributed by atoms with van der Waals surface area (Å²) in [5.74, 6) is 4.24. The van der Waals surface area contributed by atoms with Crippen LogP contribution in [0.5, 0.6) is 11.5 Å². The quantitative estimate of drug-likeness (QED) is 0.321. The van der Waals surface area contributed by atoms with Crippen molar-refractivity contribution >= 4 is 29.9 Å². The van der Waals surface area contributed by atoms with Gasteiger partial charge in [-0.15, -0.1) is 30.4 Å². The molecule has 0 heterocycles. The Kier molecular flexibility index (Phi) is 10.2. The van der Waals surface area contributed by atoms with Crippen molar-refractivity contribution in [2.75, 3.05) is 26.8 Å². The van der Waals surface area contributed by atoms with Crippen molar-refractivity contribution in [3.05, 3.63) is 23.8 Å². The third kappa shape index (κ3) is 6.02. The fraction of sp³-hybridized carbons (Fsp3) is 0.438. The molecule has 0 bridgehead atoms. The van der Waals surface area contributed by atoms with Crippen LogP contribution in [0.2, 0.25) is 0 Å². The van der Waals surface area contributed by atoms with Crippen molar-refractivity contribution in [1.82, 2.24) is 4.90 Å². The Hall–Kier alpha value is -1.62. The average Bonchev–Trinajstić information content (AvgIpc) is 2.52. The first-order valence-corrected chi connectivity index (χ1v) is 6.94. The highest BCUT2D eigenvalue weighted by atomic mass is 127. The predicted octanol–water partition coefficient (Wildman–Crippen LogP) is 2.48. The molecule has 0 aliphatic heterocycles. The van der Waals surface area contributed by atoms with Gasteiger partial charge in [-0.2, -0.15) is 0 Å². The van der Waals surface area contributed by atoms with Crippen LogP contribution in [0, 0.1) is 12.3 Å². The normalized spacial score (nSPS) is 10.4. The largest absolute Gasteiger partial charge is 0.493 e. The summed E-state index contributed by atoms with van der Waals surface area (Å²) >= 11 is 0. The number of nitrogens with zero attached hydrogens (tertiary/aromatic N) is 2. The van der Waals surface area contributed by atoms with Crippen molar-refractivity contribution in [2.45, 2.75) is 20.4 Å². The smallest absolute Gasteiger partial charge is 0.191 e. The number of rotatable bonds is 7. The molecule has 1 rings (SSSR count). The van der Waals surface area contributed by atoms with Gasteiger partial charge in [0.25, 0.3) is 0 Å². The molecule has 0 saturated heterocycles. The highest BCUT2D eigenvalue weighted by Gasteiger charge is 2.06. The molecule has 0 amide bonds. The maximum absolute atomic E-state index is 5.95. The van der Waals surface area contributed by atoms with Crippen LogP contribution < -0.4 is 15.2 Å². The summed E-state index contributed by atoms with van der Waals surface area (Å²) in [5, 5.41) is 0. The SMILES string of the molecule is C#CCOc1cc(CN=C(N)N(CC)CC)ccc1OC.I. The zero-order valence-electron chi connectivity index (χ0n) is 13.3. The molecule has 1 aromatic carbocycles. The topological polar surface area (TPSA) is 60.1 Å². The minimum atomic E-state index is 0. The molecule has 2 N–H and O–H groups in total. The Balaban J connectivity index is 0.00000441. The number of nitrogens with two attached hydrogens (primary N) is 1. The first kappa shape index (κ1) is 20.4. The molecule has 0 aliphatic rings.